The average Bonchev–Trinajstić information content (AvgIpc) is 2.58. The van der Waals surface area contributed by atoms with Crippen LogP contribution in [-0.2, 0) is 9.59 Å². The predicted octanol–water partition coefficient (Wildman–Crippen LogP) is 3.98. The molecule has 0 bridgehead atoms. The maximum atomic E-state index is 11.8. The van der Waals surface area contributed by atoms with E-state index in [1.54, 1.807) is 0 Å². The van der Waals surface area contributed by atoms with E-state index in [1.165, 1.54) is 18.6 Å². The van der Waals surface area contributed by atoms with Crippen molar-refractivity contribution < 1.29 is 14.3 Å². The molecule has 0 heterocycles. The molecule has 1 aliphatic carbocycles. The molecular formula is C17H21Cl3N2O3. The van der Waals surface area contributed by atoms with E-state index in [-0.39, 0.29) is 48.2 Å². The van der Waals surface area contributed by atoms with E-state index in [0.717, 1.165) is 25.7 Å². The molecule has 2 N–H and O–H groups in total. The number of halogens is 3. The predicted molar refractivity (Wildman–Crippen MR) is 99.6 cm³/mol. The third-order valence-electron chi connectivity index (χ3n) is 3.98. The number of rotatable bonds is 7. The molecule has 1 saturated carbocycles. The molecule has 1 aliphatic rings. The molecule has 0 spiro atoms. The van der Waals surface area contributed by atoms with Gasteiger partial charge in [-0.1, -0.05) is 54.1 Å². The number of hydrogen-bond donors (Lipinski definition) is 2. The lowest BCUT2D eigenvalue weighted by molar-refractivity contribution is -0.123. The van der Waals surface area contributed by atoms with E-state index < -0.39 is 0 Å². The van der Waals surface area contributed by atoms with Crippen LogP contribution in [-0.4, -0.2) is 31.0 Å². The summed E-state index contributed by atoms with van der Waals surface area (Å²) in [5, 5.41) is 6.52. The van der Waals surface area contributed by atoms with Gasteiger partial charge in [0, 0.05) is 25.1 Å². The van der Waals surface area contributed by atoms with E-state index >= 15 is 0 Å². The smallest absolute Gasteiger partial charge is 0.257 e. The fraction of sp³-hybridized carbons (Fsp3) is 0.529. The Morgan fingerprint density at radius 3 is 2.40 bits per heavy atom. The Labute approximate surface area is 162 Å². The zero-order chi connectivity index (χ0) is 18.2. The van der Waals surface area contributed by atoms with Crippen LogP contribution in [0.15, 0.2) is 12.1 Å². The van der Waals surface area contributed by atoms with Crippen molar-refractivity contribution >= 4 is 46.6 Å². The summed E-state index contributed by atoms with van der Waals surface area (Å²) in [6.07, 6.45) is 5.89. The lowest BCUT2D eigenvalue weighted by Gasteiger charge is -2.22. The molecule has 0 aromatic heterocycles. The minimum atomic E-state index is -0.340. The molecule has 0 unspecified atom stereocenters. The Balaban J connectivity index is 1.65. The molecule has 25 heavy (non-hydrogen) atoms. The van der Waals surface area contributed by atoms with Gasteiger partial charge in [-0.15, -0.1) is 0 Å². The highest BCUT2D eigenvalue weighted by Crippen LogP contribution is 2.33. The normalized spacial score (nSPS) is 14.8. The van der Waals surface area contributed by atoms with Gasteiger partial charge in [0.2, 0.25) is 5.91 Å². The van der Waals surface area contributed by atoms with E-state index in [4.69, 9.17) is 39.5 Å². The van der Waals surface area contributed by atoms with Crippen molar-refractivity contribution in [1.82, 2.24) is 10.6 Å². The summed E-state index contributed by atoms with van der Waals surface area (Å²) in [6.45, 7) is 0.0395. The van der Waals surface area contributed by atoms with Crippen molar-refractivity contribution in [1.29, 1.82) is 0 Å². The molecule has 1 aromatic rings. The van der Waals surface area contributed by atoms with Gasteiger partial charge < -0.3 is 15.4 Å². The summed E-state index contributed by atoms with van der Waals surface area (Å²) in [5.74, 6) is -0.102. The highest BCUT2D eigenvalue weighted by molar-refractivity contribution is 6.43. The number of amides is 2. The number of benzene rings is 1. The van der Waals surface area contributed by atoms with Gasteiger partial charge in [-0.2, -0.15) is 0 Å². The number of ether oxygens (including phenoxy) is 1. The first-order valence-corrected chi connectivity index (χ1v) is 9.42. The lowest BCUT2D eigenvalue weighted by Crippen LogP contribution is -2.38. The Morgan fingerprint density at radius 2 is 1.68 bits per heavy atom. The molecule has 138 valence electrons. The standard InChI is InChI=1S/C17H21Cl3N2O3/c18-12-8-14(20)15(9-13(12)19)25-10-17(24)21-7-6-16(23)22-11-4-2-1-3-5-11/h8-9,11H,1-7,10H2,(H,21,24)(H,22,23). The second-order valence-corrected chi connectivity index (χ2v) is 7.21. The summed E-state index contributed by atoms with van der Waals surface area (Å²) >= 11 is 17.7. The Hall–Kier alpha value is -1.17. The first-order chi connectivity index (χ1) is 12.0. The third kappa shape index (κ3) is 6.92. The Morgan fingerprint density at radius 1 is 1.00 bits per heavy atom. The van der Waals surface area contributed by atoms with Crippen LogP contribution >= 0.6 is 34.8 Å². The SMILES string of the molecule is O=C(COc1cc(Cl)c(Cl)cc1Cl)NCCC(=O)NC1CCCCC1. The summed E-state index contributed by atoms with van der Waals surface area (Å²) in [7, 11) is 0. The first kappa shape index (κ1) is 20.1. The van der Waals surface area contributed by atoms with Crippen LogP contribution in [0.3, 0.4) is 0 Å². The fourth-order valence-corrected chi connectivity index (χ4v) is 3.26. The van der Waals surface area contributed by atoms with Gasteiger partial charge in [-0.05, 0) is 18.9 Å². The third-order valence-corrected chi connectivity index (χ3v) is 5.00. The van der Waals surface area contributed by atoms with Crippen molar-refractivity contribution in [2.75, 3.05) is 13.2 Å². The molecule has 0 atom stereocenters. The maximum absolute atomic E-state index is 11.8. The van der Waals surface area contributed by atoms with Gasteiger partial charge in [0.25, 0.3) is 5.91 Å². The quantitative estimate of drug-likeness (QED) is 0.672. The molecule has 1 fully saturated rings. The molecule has 2 rings (SSSR count). The summed E-state index contributed by atoms with van der Waals surface area (Å²) < 4.78 is 5.33. The minimum absolute atomic E-state index is 0.0411. The number of nitrogens with one attached hydrogen (secondary N) is 2. The van der Waals surface area contributed by atoms with Crippen molar-refractivity contribution in [2.45, 2.75) is 44.6 Å². The number of carbonyl (C=O) groups excluding carboxylic acids is 2. The highest BCUT2D eigenvalue weighted by Gasteiger charge is 2.15. The summed E-state index contributed by atoms with van der Waals surface area (Å²) in [5.41, 5.74) is 0. The van der Waals surface area contributed by atoms with Crippen LogP contribution in [0.4, 0.5) is 0 Å². The summed E-state index contributed by atoms with van der Waals surface area (Å²) in [4.78, 5) is 23.6. The zero-order valence-corrected chi connectivity index (χ0v) is 16.0. The number of hydrogen-bond acceptors (Lipinski definition) is 3. The van der Waals surface area contributed by atoms with E-state index in [2.05, 4.69) is 10.6 Å². The van der Waals surface area contributed by atoms with Crippen LogP contribution in [0.25, 0.3) is 0 Å². The van der Waals surface area contributed by atoms with Gasteiger partial charge in [0.05, 0.1) is 15.1 Å². The van der Waals surface area contributed by atoms with E-state index in [0.29, 0.717) is 10.0 Å². The van der Waals surface area contributed by atoms with Crippen LogP contribution in [0.2, 0.25) is 15.1 Å². The molecular weight excluding hydrogens is 387 g/mol. The van der Waals surface area contributed by atoms with Gasteiger partial charge in [0.15, 0.2) is 6.61 Å². The molecule has 2 amide bonds. The first-order valence-electron chi connectivity index (χ1n) is 8.29. The molecule has 0 aliphatic heterocycles. The van der Waals surface area contributed by atoms with Crippen molar-refractivity contribution in [3.63, 3.8) is 0 Å². The molecule has 0 radical (unpaired) electrons. The second kappa shape index (κ2) is 10.1. The van der Waals surface area contributed by atoms with Gasteiger partial charge in [-0.3, -0.25) is 9.59 Å². The molecule has 8 heteroatoms. The molecule has 1 aromatic carbocycles. The van der Waals surface area contributed by atoms with Crippen LogP contribution < -0.4 is 15.4 Å². The van der Waals surface area contributed by atoms with Crippen molar-refractivity contribution in [2.24, 2.45) is 0 Å². The zero-order valence-electron chi connectivity index (χ0n) is 13.7. The van der Waals surface area contributed by atoms with Crippen molar-refractivity contribution in [3.05, 3.63) is 27.2 Å². The summed E-state index contributed by atoms with van der Waals surface area (Å²) in [6, 6.07) is 3.18. The highest BCUT2D eigenvalue weighted by atomic mass is 35.5. The second-order valence-electron chi connectivity index (χ2n) is 5.99. The van der Waals surface area contributed by atoms with Crippen LogP contribution in [0, 0.1) is 0 Å². The average molecular weight is 408 g/mol. The monoisotopic (exact) mass is 406 g/mol. The van der Waals surface area contributed by atoms with Crippen molar-refractivity contribution in [3.8, 4) is 5.75 Å². The molecule has 5 nitrogen and oxygen atoms in total. The maximum Gasteiger partial charge on any atom is 0.257 e. The van der Waals surface area contributed by atoms with E-state index in [1.807, 2.05) is 0 Å². The van der Waals surface area contributed by atoms with Gasteiger partial charge in [0.1, 0.15) is 5.75 Å². The largest absolute Gasteiger partial charge is 0.482 e. The lowest BCUT2D eigenvalue weighted by atomic mass is 9.95. The van der Waals surface area contributed by atoms with Gasteiger partial charge >= 0.3 is 0 Å². The van der Waals surface area contributed by atoms with E-state index in [9.17, 15) is 9.59 Å². The fourth-order valence-electron chi connectivity index (χ4n) is 2.67. The minimum Gasteiger partial charge on any atom is -0.482 e. The van der Waals surface area contributed by atoms with Crippen LogP contribution in [0.1, 0.15) is 38.5 Å². The van der Waals surface area contributed by atoms with Crippen LogP contribution in [0.5, 0.6) is 5.75 Å². The van der Waals surface area contributed by atoms with Gasteiger partial charge in [-0.25, -0.2) is 0 Å². The molecule has 0 saturated heterocycles. The Kier molecular flexibility index (Phi) is 8.13. The topological polar surface area (TPSA) is 67.4 Å². The Bertz CT molecular complexity index is 619. The number of carbonyl (C=O) groups is 2.